The quantitative estimate of drug-likeness (QED) is 0.488. The van der Waals surface area contributed by atoms with Crippen molar-refractivity contribution in [1.82, 2.24) is 0 Å². The fourth-order valence-corrected chi connectivity index (χ4v) is 0.340. The molecular weight excluding hydrogens is 241 g/mol. The molecule has 1 rings (SSSR count). The van der Waals surface area contributed by atoms with Gasteiger partial charge in [0.1, 0.15) is 13.6 Å². The summed E-state index contributed by atoms with van der Waals surface area (Å²) < 4.78 is 0. The molecule has 0 unspecified atom stereocenters. The number of hydrogen-bond acceptors (Lipinski definition) is 2. The summed E-state index contributed by atoms with van der Waals surface area (Å²) in [5.41, 5.74) is 0. The summed E-state index contributed by atoms with van der Waals surface area (Å²) in [5.74, 6) is 0. The van der Waals surface area contributed by atoms with Crippen LogP contribution in [0.2, 0.25) is 0 Å². The Labute approximate surface area is 87.5 Å². The van der Waals surface area contributed by atoms with E-state index in [4.69, 9.17) is 9.59 Å². The van der Waals surface area contributed by atoms with Crippen molar-refractivity contribution in [2.24, 2.45) is 0 Å². The van der Waals surface area contributed by atoms with E-state index < -0.39 is 0 Å². The van der Waals surface area contributed by atoms with E-state index in [9.17, 15) is 0 Å². The van der Waals surface area contributed by atoms with Crippen LogP contribution in [0.3, 0.4) is 0 Å². The molecule has 0 radical (unpaired) electrons. The first-order chi connectivity index (χ1) is 5.50. The summed E-state index contributed by atoms with van der Waals surface area (Å²) in [6, 6.07) is 0. The van der Waals surface area contributed by atoms with E-state index >= 15 is 0 Å². The molecule has 0 aromatic rings. The molecule has 2 nitrogen and oxygen atoms in total. The van der Waals surface area contributed by atoms with Gasteiger partial charge in [-0.25, -0.2) is 12.2 Å². The molecule has 3 heteroatoms. The number of allylic oxidation sites excluding steroid dienone is 4. The molecule has 0 saturated heterocycles. The van der Waals surface area contributed by atoms with Gasteiger partial charge in [0, 0.05) is 0 Å². The molecule has 0 atom stereocenters. The Hall–Kier alpha value is -0.557. The maximum absolute atomic E-state index is 8.00. The third-order valence-electron chi connectivity index (χ3n) is 0.586. The van der Waals surface area contributed by atoms with Crippen molar-refractivity contribution in [1.29, 1.82) is 0 Å². The van der Waals surface area contributed by atoms with Crippen LogP contribution in [0.5, 0.6) is 0 Å². The first-order valence-corrected chi connectivity index (χ1v) is 3.00. The van der Waals surface area contributed by atoms with Gasteiger partial charge < -0.3 is 16.5 Å². The van der Waals surface area contributed by atoms with Crippen LogP contribution < -0.4 is 0 Å². The Morgan fingerprint density at radius 1 is 1.25 bits per heavy atom. The Kier molecular flexibility index (Phi) is 88.5. The van der Waals surface area contributed by atoms with Crippen molar-refractivity contribution >= 4 is 13.6 Å². The summed E-state index contributed by atoms with van der Waals surface area (Å²) >= 11 is 0. The fraction of sp³-hybridized carbons (Fsp3) is 0.222. The van der Waals surface area contributed by atoms with Crippen LogP contribution in [0.25, 0.3) is 0 Å². The van der Waals surface area contributed by atoms with E-state index in [0.29, 0.717) is 0 Å². The summed E-state index contributed by atoms with van der Waals surface area (Å²) in [4.78, 5) is 16.0. The van der Waals surface area contributed by atoms with Gasteiger partial charge in [-0.3, -0.25) is 6.08 Å². The average Bonchev–Trinajstić information content (AvgIpc) is 2.71. The van der Waals surface area contributed by atoms with Gasteiger partial charge in [-0.1, -0.05) is 0 Å². The molecule has 0 heterocycles. The van der Waals surface area contributed by atoms with Gasteiger partial charge in [0.25, 0.3) is 0 Å². The Balaban J connectivity index is -0.0000000406. The number of carbonyl (C=O) groups excluding carboxylic acids is 2. The van der Waals surface area contributed by atoms with Gasteiger partial charge in [0.05, 0.1) is 0 Å². The topological polar surface area (TPSA) is 34.1 Å². The molecule has 0 amide bonds. The van der Waals surface area contributed by atoms with Gasteiger partial charge >= 0.3 is 19.5 Å². The third-order valence-corrected chi connectivity index (χ3v) is 0.586. The standard InChI is InChI=1S/C5H5.C2H5.2CH2O.Ru/c1-2-4-5-3-1;3*1-2;/h1-3H,4H2;1H2,2H3;2*1H2;/q2*-1;;;+2. The van der Waals surface area contributed by atoms with Gasteiger partial charge in [-0.15, -0.1) is 6.42 Å². The first kappa shape index (κ1) is 22.5. The predicted molar refractivity (Wildman–Crippen MR) is 46.8 cm³/mol. The van der Waals surface area contributed by atoms with Crippen LogP contribution in [-0.4, -0.2) is 13.6 Å². The summed E-state index contributed by atoms with van der Waals surface area (Å²) in [7, 11) is 0. The van der Waals surface area contributed by atoms with Gasteiger partial charge in [0.15, 0.2) is 0 Å². The van der Waals surface area contributed by atoms with Crippen LogP contribution in [0.15, 0.2) is 18.2 Å². The van der Waals surface area contributed by atoms with Crippen LogP contribution in [0.1, 0.15) is 13.3 Å². The Morgan fingerprint density at radius 3 is 1.75 bits per heavy atom. The maximum Gasteiger partial charge on any atom is 2.00 e. The van der Waals surface area contributed by atoms with E-state index in [1.54, 1.807) is 6.92 Å². The fourth-order valence-electron chi connectivity index (χ4n) is 0.340. The van der Waals surface area contributed by atoms with E-state index in [0.717, 1.165) is 6.42 Å². The Bertz CT molecular complexity index is 88.7. The van der Waals surface area contributed by atoms with Crippen LogP contribution in [-0.2, 0) is 29.1 Å². The van der Waals surface area contributed by atoms with E-state index in [-0.39, 0.29) is 19.5 Å². The van der Waals surface area contributed by atoms with Crippen molar-refractivity contribution in [3.63, 3.8) is 0 Å². The smallest absolute Gasteiger partial charge is 0.346 e. The zero-order valence-electron chi connectivity index (χ0n) is 7.23. The van der Waals surface area contributed by atoms with E-state index in [1.807, 2.05) is 25.7 Å². The number of hydrogen-bond donors (Lipinski definition) is 0. The molecule has 0 aliphatic heterocycles. The monoisotopic (exact) mass is 256 g/mol. The van der Waals surface area contributed by atoms with Crippen molar-refractivity contribution in [3.05, 3.63) is 31.2 Å². The molecule has 70 valence electrons. The van der Waals surface area contributed by atoms with E-state index in [2.05, 4.69) is 19.1 Å². The Morgan fingerprint density at radius 2 is 1.67 bits per heavy atom. The largest absolute Gasteiger partial charge is 2.00 e. The molecule has 0 bridgehead atoms. The minimum atomic E-state index is 0. The predicted octanol–water partition coefficient (Wildman–Crippen LogP) is 1.77. The molecule has 1 aliphatic rings. The number of carbonyl (C=O) groups is 2. The second kappa shape index (κ2) is 47.2. The second-order valence-electron chi connectivity index (χ2n) is 1.00. The van der Waals surface area contributed by atoms with Gasteiger partial charge in [-0.05, 0) is 0 Å². The molecular formula is C9H14O2Ru. The normalized spacial score (nSPS) is 8.50. The average molecular weight is 255 g/mol. The molecule has 0 spiro atoms. The first-order valence-electron chi connectivity index (χ1n) is 3.00. The molecule has 0 saturated carbocycles. The van der Waals surface area contributed by atoms with Crippen LogP contribution >= 0.6 is 0 Å². The minimum absolute atomic E-state index is 0. The molecule has 1 aliphatic carbocycles. The maximum atomic E-state index is 8.00. The van der Waals surface area contributed by atoms with Crippen LogP contribution in [0, 0.1) is 13.0 Å². The molecule has 12 heavy (non-hydrogen) atoms. The van der Waals surface area contributed by atoms with E-state index in [1.165, 1.54) is 0 Å². The zero-order chi connectivity index (χ0) is 9.54. The minimum Gasteiger partial charge on any atom is -0.346 e. The summed E-state index contributed by atoms with van der Waals surface area (Å²) in [5, 5.41) is 0. The second-order valence-corrected chi connectivity index (χ2v) is 1.00. The zero-order valence-corrected chi connectivity index (χ0v) is 8.97. The molecule has 0 aromatic carbocycles. The summed E-state index contributed by atoms with van der Waals surface area (Å²) in [6.45, 7) is 9.00. The third kappa shape index (κ3) is 34.1. The van der Waals surface area contributed by atoms with Crippen molar-refractivity contribution in [2.75, 3.05) is 0 Å². The molecule has 0 fully saturated rings. The summed E-state index contributed by atoms with van der Waals surface area (Å²) in [6.07, 6.45) is 10.0. The molecule has 0 aromatic heterocycles. The molecule has 0 N–H and O–H groups in total. The van der Waals surface area contributed by atoms with Gasteiger partial charge in [-0.2, -0.15) is 13.0 Å². The number of rotatable bonds is 0. The van der Waals surface area contributed by atoms with Crippen molar-refractivity contribution < 1.29 is 29.1 Å². The van der Waals surface area contributed by atoms with Crippen LogP contribution in [0.4, 0.5) is 0 Å². The van der Waals surface area contributed by atoms with Crippen molar-refractivity contribution in [3.8, 4) is 0 Å². The van der Waals surface area contributed by atoms with Crippen molar-refractivity contribution in [2.45, 2.75) is 13.3 Å². The van der Waals surface area contributed by atoms with Gasteiger partial charge in [0.2, 0.25) is 0 Å². The SMILES string of the molecule is C=O.C=O.[C-]1=CC=CC1.[CH2-]C.[Ru+2].